The summed E-state index contributed by atoms with van der Waals surface area (Å²) in [5, 5.41) is 3.48. The molecular formula is C31H29NO2. The molecule has 34 heavy (non-hydrogen) atoms. The van der Waals surface area contributed by atoms with Crippen LogP contribution in [0.1, 0.15) is 52.1 Å². The average Bonchev–Trinajstić information content (AvgIpc) is 2.90. The van der Waals surface area contributed by atoms with Crippen LogP contribution < -0.4 is 10.1 Å². The second-order valence-electron chi connectivity index (χ2n) is 8.82. The molecule has 0 radical (unpaired) electrons. The van der Waals surface area contributed by atoms with E-state index in [9.17, 15) is 4.79 Å². The number of methoxy groups -OCH3 is 1. The lowest BCUT2D eigenvalue weighted by atomic mass is 9.75. The highest BCUT2D eigenvalue weighted by molar-refractivity contribution is 5.87. The predicted octanol–water partition coefficient (Wildman–Crippen LogP) is 6.41. The Hall–Kier alpha value is -3.85. The average molecular weight is 448 g/mol. The Morgan fingerprint density at radius 2 is 1.38 bits per heavy atom. The molecular weight excluding hydrogens is 418 g/mol. The van der Waals surface area contributed by atoms with Gasteiger partial charge in [0.05, 0.1) is 19.1 Å². The molecule has 0 saturated heterocycles. The number of carbonyl (C=O) groups excluding carboxylic acids is 1. The summed E-state index contributed by atoms with van der Waals surface area (Å²) in [6.45, 7) is 0. The van der Waals surface area contributed by atoms with Crippen LogP contribution >= 0.6 is 0 Å². The summed E-state index contributed by atoms with van der Waals surface area (Å²) >= 11 is 0. The van der Waals surface area contributed by atoms with E-state index in [1.807, 2.05) is 78.9 Å². The van der Waals surface area contributed by atoms with Gasteiger partial charge in [-0.2, -0.15) is 0 Å². The standard InChI is InChI=1S/C31H29NO2/c1-34-28-19-11-18-27-26(28)21-20-25(22-12-5-2-6-13-22)30(27)32-31(33)29(23-14-7-3-8-15-23)24-16-9-4-10-17-24/h2-19,25,29-30H,20-21H2,1H3,(H,32,33)/t25-,30-/m1/s1. The molecule has 170 valence electrons. The second kappa shape index (κ2) is 9.96. The van der Waals surface area contributed by atoms with E-state index in [1.54, 1.807) is 7.11 Å². The normalized spacial score (nSPS) is 17.1. The van der Waals surface area contributed by atoms with Gasteiger partial charge in [0.2, 0.25) is 5.91 Å². The summed E-state index contributed by atoms with van der Waals surface area (Å²) in [6.07, 6.45) is 1.87. The Bertz CT molecular complexity index is 1200. The monoisotopic (exact) mass is 447 g/mol. The summed E-state index contributed by atoms with van der Waals surface area (Å²) in [5.41, 5.74) is 5.57. The van der Waals surface area contributed by atoms with Gasteiger partial charge < -0.3 is 10.1 Å². The molecule has 0 heterocycles. The van der Waals surface area contributed by atoms with Crippen LogP contribution in [0, 0.1) is 0 Å². The van der Waals surface area contributed by atoms with Crippen molar-refractivity contribution in [3.05, 3.63) is 137 Å². The lowest BCUT2D eigenvalue weighted by molar-refractivity contribution is -0.122. The number of benzene rings is 4. The van der Waals surface area contributed by atoms with Crippen molar-refractivity contribution in [1.29, 1.82) is 0 Å². The molecule has 3 heteroatoms. The molecule has 1 aliphatic rings. The van der Waals surface area contributed by atoms with Crippen LogP contribution in [0.15, 0.2) is 109 Å². The van der Waals surface area contributed by atoms with E-state index >= 15 is 0 Å². The van der Waals surface area contributed by atoms with Crippen LogP contribution in [0.5, 0.6) is 5.75 Å². The van der Waals surface area contributed by atoms with E-state index in [-0.39, 0.29) is 23.8 Å². The molecule has 0 fully saturated rings. The maximum atomic E-state index is 14.0. The second-order valence-corrected chi connectivity index (χ2v) is 8.82. The van der Waals surface area contributed by atoms with Gasteiger partial charge in [0.15, 0.2) is 0 Å². The molecule has 1 N–H and O–H groups in total. The highest BCUT2D eigenvalue weighted by Crippen LogP contribution is 2.44. The zero-order valence-corrected chi connectivity index (χ0v) is 19.4. The minimum absolute atomic E-state index is 0.0130. The van der Waals surface area contributed by atoms with Crippen LogP contribution in [-0.4, -0.2) is 13.0 Å². The highest BCUT2D eigenvalue weighted by atomic mass is 16.5. The van der Waals surface area contributed by atoms with E-state index < -0.39 is 0 Å². The Balaban J connectivity index is 1.56. The molecule has 0 saturated carbocycles. The zero-order valence-electron chi connectivity index (χ0n) is 19.4. The predicted molar refractivity (Wildman–Crippen MR) is 136 cm³/mol. The van der Waals surface area contributed by atoms with Crippen LogP contribution in [0.25, 0.3) is 0 Å². The van der Waals surface area contributed by atoms with Crippen molar-refractivity contribution >= 4 is 5.91 Å². The van der Waals surface area contributed by atoms with Crippen LogP contribution in [0.3, 0.4) is 0 Å². The number of amides is 1. The van der Waals surface area contributed by atoms with Crippen molar-refractivity contribution in [1.82, 2.24) is 5.32 Å². The topological polar surface area (TPSA) is 38.3 Å². The van der Waals surface area contributed by atoms with Gasteiger partial charge in [0.1, 0.15) is 5.75 Å². The zero-order chi connectivity index (χ0) is 23.3. The van der Waals surface area contributed by atoms with E-state index in [0.29, 0.717) is 0 Å². The van der Waals surface area contributed by atoms with Crippen molar-refractivity contribution in [3.8, 4) is 5.75 Å². The number of hydrogen-bond donors (Lipinski definition) is 1. The van der Waals surface area contributed by atoms with Crippen LogP contribution in [-0.2, 0) is 11.2 Å². The third kappa shape index (κ3) is 4.34. The lowest BCUT2D eigenvalue weighted by Gasteiger charge is -2.36. The number of hydrogen-bond acceptors (Lipinski definition) is 2. The number of nitrogens with one attached hydrogen (secondary N) is 1. The molecule has 1 aliphatic carbocycles. The quantitative estimate of drug-likeness (QED) is 0.371. The van der Waals surface area contributed by atoms with Gasteiger partial charge in [0, 0.05) is 5.92 Å². The number of carbonyl (C=O) groups is 1. The first-order valence-electron chi connectivity index (χ1n) is 11.9. The Morgan fingerprint density at radius 1 is 0.794 bits per heavy atom. The van der Waals surface area contributed by atoms with Gasteiger partial charge >= 0.3 is 0 Å². The Labute approximate surface area is 201 Å². The molecule has 3 nitrogen and oxygen atoms in total. The minimum atomic E-state index is -0.380. The summed E-state index contributed by atoms with van der Waals surface area (Å²) in [7, 11) is 1.72. The Kier molecular flexibility index (Phi) is 6.44. The van der Waals surface area contributed by atoms with Crippen molar-refractivity contribution < 1.29 is 9.53 Å². The van der Waals surface area contributed by atoms with Gasteiger partial charge in [-0.3, -0.25) is 4.79 Å². The molecule has 0 unspecified atom stereocenters. The van der Waals surface area contributed by atoms with E-state index in [2.05, 4.69) is 35.6 Å². The first kappa shape index (κ1) is 22.0. The fraction of sp³-hybridized carbons (Fsp3) is 0.194. The number of ether oxygens (including phenoxy) is 1. The fourth-order valence-corrected chi connectivity index (χ4v) is 5.28. The molecule has 0 aliphatic heterocycles. The smallest absolute Gasteiger partial charge is 0.232 e. The third-order valence-electron chi connectivity index (χ3n) is 6.89. The van der Waals surface area contributed by atoms with Crippen molar-refractivity contribution in [2.75, 3.05) is 7.11 Å². The summed E-state index contributed by atoms with van der Waals surface area (Å²) in [6, 6.07) is 36.6. The van der Waals surface area contributed by atoms with E-state index in [4.69, 9.17) is 4.74 Å². The van der Waals surface area contributed by atoms with Gasteiger partial charge in [-0.25, -0.2) is 0 Å². The lowest BCUT2D eigenvalue weighted by Crippen LogP contribution is -2.38. The van der Waals surface area contributed by atoms with Gasteiger partial charge in [0.25, 0.3) is 0 Å². The third-order valence-corrected chi connectivity index (χ3v) is 6.89. The fourth-order valence-electron chi connectivity index (χ4n) is 5.28. The molecule has 0 spiro atoms. The molecule has 4 aromatic rings. The molecule has 2 atom stereocenters. The first-order chi connectivity index (χ1) is 16.8. The van der Waals surface area contributed by atoms with Crippen LogP contribution in [0.4, 0.5) is 0 Å². The van der Waals surface area contributed by atoms with E-state index in [0.717, 1.165) is 35.3 Å². The van der Waals surface area contributed by atoms with Crippen molar-refractivity contribution in [2.24, 2.45) is 0 Å². The van der Waals surface area contributed by atoms with Gasteiger partial charge in [-0.15, -0.1) is 0 Å². The molecule has 1 amide bonds. The maximum Gasteiger partial charge on any atom is 0.232 e. The largest absolute Gasteiger partial charge is 0.496 e. The minimum Gasteiger partial charge on any atom is -0.496 e. The van der Waals surface area contributed by atoms with Crippen molar-refractivity contribution in [2.45, 2.75) is 30.7 Å². The Morgan fingerprint density at radius 3 is 1.97 bits per heavy atom. The SMILES string of the molecule is COc1cccc2c1CC[C@H](c1ccccc1)[C@H]2NC(=O)C(c1ccccc1)c1ccccc1. The van der Waals surface area contributed by atoms with E-state index in [1.165, 1.54) is 11.1 Å². The molecule has 4 aromatic carbocycles. The molecule has 5 rings (SSSR count). The summed E-state index contributed by atoms with van der Waals surface area (Å²) in [4.78, 5) is 14.0. The molecule has 0 aromatic heterocycles. The van der Waals surface area contributed by atoms with Gasteiger partial charge in [-0.1, -0.05) is 103 Å². The highest BCUT2D eigenvalue weighted by Gasteiger charge is 2.35. The maximum absolute atomic E-state index is 14.0. The summed E-state index contributed by atoms with van der Waals surface area (Å²) in [5.74, 6) is 0.719. The summed E-state index contributed by atoms with van der Waals surface area (Å²) < 4.78 is 5.68. The van der Waals surface area contributed by atoms with Gasteiger partial charge in [-0.05, 0) is 46.7 Å². The van der Waals surface area contributed by atoms with Crippen molar-refractivity contribution in [3.63, 3.8) is 0 Å². The van der Waals surface area contributed by atoms with Crippen LogP contribution in [0.2, 0.25) is 0 Å². The number of rotatable bonds is 6. The first-order valence-corrected chi connectivity index (χ1v) is 11.9. The number of fused-ring (bicyclic) bond motifs is 1. The molecule has 0 bridgehead atoms.